The van der Waals surface area contributed by atoms with Gasteiger partial charge in [0.25, 0.3) is 6.43 Å². The molecule has 0 spiro atoms. The van der Waals surface area contributed by atoms with E-state index >= 15 is 0 Å². The molecule has 0 aromatic heterocycles. The molecule has 1 amide bonds. The molecule has 2 heterocycles. The molecule has 2 aromatic carbocycles. The van der Waals surface area contributed by atoms with Gasteiger partial charge in [0.2, 0.25) is 5.91 Å². The summed E-state index contributed by atoms with van der Waals surface area (Å²) in [7, 11) is 3.37. The van der Waals surface area contributed by atoms with Gasteiger partial charge < -0.3 is 15.5 Å². The Morgan fingerprint density at radius 2 is 1.94 bits per heavy atom. The van der Waals surface area contributed by atoms with Crippen LogP contribution >= 0.6 is 0 Å². The Labute approximate surface area is 180 Å². The van der Waals surface area contributed by atoms with E-state index in [9.17, 15) is 13.6 Å². The highest BCUT2D eigenvalue weighted by molar-refractivity contribution is 6.10. The number of aliphatic imine (C=N–C) groups is 1. The van der Waals surface area contributed by atoms with Crippen molar-refractivity contribution in [2.24, 2.45) is 10.7 Å². The van der Waals surface area contributed by atoms with Crippen molar-refractivity contribution in [2.45, 2.75) is 32.1 Å². The van der Waals surface area contributed by atoms with Crippen LogP contribution in [0.1, 0.15) is 41.5 Å². The number of carbonyl (C=O) groups is 1. The second-order valence-electron chi connectivity index (χ2n) is 7.90. The zero-order valence-electron chi connectivity index (χ0n) is 17.7. The number of halogens is 2. The van der Waals surface area contributed by atoms with Crippen molar-refractivity contribution < 1.29 is 13.6 Å². The fourth-order valence-electron chi connectivity index (χ4n) is 4.48. The first kappa shape index (κ1) is 21.0. The van der Waals surface area contributed by atoms with Crippen LogP contribution in [-0.4, -0.2) is 32.8 Å². The number of anilines is 3. The zero-order chi connectivity index (χ0) is 22.1. The summed E-state index contributed by atoms with van der Waals surface area (Å²) in [6.45, 7) is 0.724. The Morgan fingerprint density at radius 1 is 1.13 bits per heavy atom. The summed E-state index contributed by atoms with van der Waals surface area (Å²) in [6.07, 6.45) is 3.11. The summed E-state index contributed by atoms with van der Waals surface area (Å²) >= 11 is 0. The molecule has 0 radical (unpaired) electrons. The van der Waals surface area contributed by atoms with E-state index in [1.807, 2.05) is 24.3 Å². The average molecular weight is 424 g/mol. The molecule has 0 aliphatic carbocycles. The number of hydrogen-bond donors (Lipinski definition) is 1. The van der Waals surface area contributed by atoms with Crippen LogP contribution in [0.5, 0.6) is 0 Å². The third-order valence-corrected chi connectivity index (χ3v) is 6.09. The normalized spacial score (nSPS) is 16.8. The fraction of sp³-hybridized carbons (Fsp3) is 0.333. The van der Waals surface area contributed by atoms with Gasteiger partial charge in [-0.3, -0.25) is 9.79 Å². The molecule has 0 fully saturated rings. The summed E-state index contributed by atoms with van der Waals surface area (Å²) in [5, 5.41) is 0. The number of rotatable bonds is 4. The SMILES string of the molecule is CN=CC(=CN)c1cc2c(cc1C(F)F)N(c1ccc3c(c1)N(C)C(=O)CC3)CCC2. The molecule has 0 atom stereocenters. The molecule has 2 aliphatic heterocycles. The molecule has 7 heteroatoms. The number of nitrogens with two attached hydrogens (primary N) is 1. The van der Waals surface area contributed by atoms with Gasteiger partial charge >= 0.3 is 0 Å². The summed E-state index contributed by atoms with van der Waals surface area (Å²) in [5.74, 6) is 0.0898. The lowest BCUT2D eigenvalue weighted by atomic mass is 9.91. The fourth-order valence-corrected chi connectivity index (χ4v) is 4.48. The quantitative estimate of drug-likeness (QED) is 0.729. The Kier molecular flexibility index (Phi) is 5.76. The number of alkyl halides is 2. The largest absolute Gasteiger partial charge is 0.404 e. The smallest absolute Gasteiger partial charge is 0.264 e. The third-order valence-electron chi connectivity index (χ3n) is 6.09. The van der Waals surface area contributed by atoms with E-state index in [-0.39, 0.29) is 11.5 Å². The summed E-state index contributed by atoms with van der Waals surface area (Å²) in [6, 6.07) is 9.44. The standard InChI is InChI=1S/C24H26F2N4O/c1-28-14-17(13-27)19-10-16-4-3-9-30(22(16)12-20(19)24(25)26)18-7-5-15-6-8-23(31)29(2)21(15)11-18/h5,7,10-14,24H,3-4,6,8-9,27H2,1-2H3. The minimum atomic E-state index is -2.64. The van der Waals surface area contributed by atoms with E-state index in [1.54, 1.807) is 25.1 Å². The molecule has 162 valence electrons. The van der Waals surface area contributed by atoms with Crippen LogP contribution in [-0.2, 0) is 17.6 Å². The van der Waals surface area contributed by atoms with Crippen LogP contribution in [0.3, 0.4) is 0 Å². The van der Waals surface area contributed by atoms with Crippen molar-refractivity contribution in [3.05, 3.63) is 58.8 Å². The van der Waals surface area contributed by atoms with E-state index < -0.39 is 6.43 Å². The average Bonchev–Trinajstić information content (AvgIpc) is 2.78. The Balaban J connectivity index is 1.82. The van der Waals surface area contributed by atoms with Crippen molar-refractivity contribution in [3.63, 3.8) is 0 Å². The van der Waals surface area contributed by atoms with Crippen LogP contribution in [0.4, 0.5) is 25.8 Å². The maximum atomic E-state index is 14.0. The van der Waals surface area contributed by atoms with Crippen LogP contribution in [0.2, 0.25) is 0 Å². The minimum Gasteiger partial charge on any atom is -0.404 e. The first-order valence-electron chi connectivity index (χ1n) is 10.4. The minimum absolute atomic E-state index is 0.0625. The Morgan fingerprint density at radius 3 is 2.65 bits per heavy atom. The lowest BCUT2D eigenvalue weighted by Gasteiger charge is -2.34. The van der Waals surface area contributed by atoms with Crippen molar-refractivity contribution in [1.82, 2.24) is 0 Å². The van der Waals surface area contributed by atoms with Gasteiger partial charge in [-0.15, -0.1) is 0 Å². The maximum Gasteiger partial charge on any atom is 0.264 e. The van der Waals surface area contributed by atoms with Gasteiger partial charge in [-0.25, -0.2) is 8.78 Å². The van der Waals surface area contributed by atoms with Crippen LogP contribution in [0.25, 0.3) is 5.57 Å². The molecule has 5 nitrogen and oxygen atoms in total. The van der Waals surface area contributed by atoms with Gasteiger partial charge in [-0.05, 0) is 60.2 Å². The molecule has 0 unspecified atom stereocenters. The van der Waals surface area contributed by atoms with E-state index in [0.717, 1.165) is 54.0 Å². The van der Waals surface area contributed by atoms with Gasteiger partial charge in [0.05, 0.1) is 0 Å². The first-order chi connectivity index (χ1) is 14.9. The van der Waals surface area contributed by atoms with E-state index in [2.05, 4.69) is 9.89 Å². The zero-order valence-corrected chi connectivity index (χ0v) is 17.7. The summed E-state index contributed by atoms with van der Waals surface area (Å²) < 4.78 is 28.0. The molecule has 31 heavy (non-hydrogen) atoms. The van der Waals surface area contributed by atoms with Crippen LogP contribution < -0.4 is 15.5 Å². The van der Waals surface area contributed by atoms with Crippen molar-refractivity contribution in [3.8, 4) is 0 Å². The van der Waals surface area contributed by atoms with Gasteiger partial charge in [-0.1, -0.05) is 6.07 Å². The summed E-state index contributed by atoms with van der Waals surface area (Å²) in [4.78, 5) is 19.9. The van der Waals surface area contributed by atoms with E-state index in [4.69, 9.17) is 5.73 Å². The van der Waals surface area contributed by atoms with E-state index in [0.29, 0.717) is 17.6 Å². The number of aryl methyl sites for hydroxylation is 2. The molecule has 4 rings (SSSR count). The number of benzene rings is 2. The van der Waals surface area contributed by atoms with Gasteiger partial charge in [0.1, 0.15) is 0 Å². The third kappa shape index (κ3) is 3.80. The molecule has 2 N–H and O–H groups in total. The molecular formula is C24H26F2N4O. The number of nitrogens with zero attached hydrogens (tertiary/aromatic N) is 3. The predicted molar refractivity (Wildman–Crippen MR) is 121 cm³/mol. The lowest BCUT2D eigenvalue weighted by molar-refractivity contribution is -0.118. The van der Waals surface area contributed by atoms with E-state index in [1.165, 1.54) is 12.4 Å². The second kappa shape index (κ2) is 8.49. The summed E-state index contributed by atoms with van der Waals surface area (Å²) in [5.41, 5.74) is 11.2. The predicted octanol–water partition coefficient (Wildman–Crippen LogP) is 4.62. The first-order valence-corrected chi connectivity index (χ1v) is 10.4. The lowest BCUT2D eigenvalue weighted by Crippen LogP contribution is -2.31. The Hall–Kier alpha value is -3.22. The van der Waals surface area contributed by atoms with Crippen LogP contribution in [0, 0.1) is 0 Å². The van der Waals surface area contributed by atoms with Gasteiger partial charge in [0.15, 0.2) is 0 Å². The molecule has 0 saturated heterocycles. The van der Waals surface area contributed by atoms with Gasteiger partial charge in [0, 0.05) is 67.7 Å². The number of fused-ring (bicyclic) bond motifs is 2. The molecule has 2 aliphatic rings. The molecular weight excluding hydrogens is 398 g/mol. The number of hydrogen-bond acceptors (Lipinski definition) is 4. The number of amides is 1. The molecule has 0 bridgehead atoms. The number of carbonyl (C=O) groups excluding carboxylic acids is 1. The maximum absolute atomic E-state index is 14.0. The van der Waals surface area contributed by atoms with Crippen molar-refractivity contribution in [1.29, 1.82) is 0 Å². The topological polar surface area (TPSA) is 61.9 Å². The van der Waals surface area contributed by atoms with Crippen LogP contribution in [0.15, 0.2) is 41.5 Å². The highest BCUT2D eigenvalue weighted by Crippen LogP contribution is 2.41. The monoisotopic (exact) mass is 424 g/mol. The highest BCUT2D eigenvalue weighted by Gasteiger charge is 2.26. The van der Waals surface area contributed by atoms with Crippen molar-refractivity contribution >= 4 is 34.8 Å². The second-order valence-corrected chi connectivity index (χ2v) is 7.90. The Bertz CT molecular complexity index is 1080. The number of allylic oxidation sites excluding steroid dienone is 1. The molecule has 0 saturated carbocycles. The van der Waals surface area contributed by atoms with Crippen molar-refractivity contribution in [2.75, 3.05) is 30.4 Å². The molecule has 2 aromatic rings. The van der Waals surface area contributed by atoms with Gasteiger partial charge in [-0.2, -0.15) is 0 Å². The highest BCUT2D eigenvalue weighted by atomic mass is 19.3.